The van der Waals surface area contributed by atoms with Crippen LogP contribution in [0.5, 0.6) is 0 Å². The number of nitrogens with one attached hydrogen (secondary N) is 1. The summed E-state index contributed by atoms with van der Waals surface area (Å²) in [5, 5.41) is 3.03. The molecule has 0 bridgehead atoms. The van der Waals surface area contributed by atoms with Gasteiger partial charge in [-0.3, -0.25) is 24.6 Å². The number of carbonyl (C=O) groups excluding carboxylic acids is 3. The lowest BCUT2D eigenvalue weighted by molar-refractivity contribution is -0.148. The van der Waals surface area contributed by atoms with Gasteiger partial charge in [0.2, 0.25) is 17.7 Å². The summed E-state index contributed by atoms with van der Waals surface area (Å²) in [6.07, 6.45) is 0.796. The summed E-state index contributed by atoms with van der Waals surface area (Å²) in [7, 11) is 1.48. The molecule has 1 saturated heterocycles. The third kappa shape index (κ3) is 3.53. The van der Waals surface area contributed by atoms with Crippen LogP contribution >= 0.6 is 0 Å². The van der Waals surface area contributed by atoms with Gasteiger partial charge in [-0.1, -0.05) is 0 Å². The van der Waals surface area contributed by atoms with E-state index in [4.69, 9.17) is 0 Å². The Morgan fingerprint density at radius 2 is 2.00 bits per heavy atom. The summed E-state index contributed by atoms with van der Waals surface area (Å²) in [5.74, 6) is -0.432. The van der Waals surface area contributed by atoms with E-state index in [2.05, 4.69) is 5.32 Å². The van der Waals surface area contributed by atoms with Gasteiger partial charge in [0, 0.05) is 26.6 Å². The van der Waals surface area contributed by atoms with Crippen molar-refractivity contribution in [2.45, 2.75) is 45.7 Å². The van der Waals surface area contributed by atoms with Crippen LogP contribution in [0.25, 0.3) is 0 Å². The zero-order chi connectivity index (χ0) is 14.6. The average Bonchev–Trinajstić information content (AvgIpc) is 2.40. The highest BCUT2D eigenvalue weighted by Crippen LogP contribution is 2.12. The molecule has 0 aliphatic carbocycles. The molecule has 1 heterocycles. The number of hydrogen-bond acceptors (Lipinski definition) is 4. The first kappa shape index (κ1) is 15.6. The standard InChI is InChI=1S/C13H23N3O3/c1-5-16(6-2)12(18)9(3)14-10-7-8-11(17)15(4)13(10)19/h9-10,14H,5-8H2,1-4H3. The number of rotatable bonds is 5. The van der Waals surface area contributed by atoms with Crippen LogP contribution < -0.4 is 5.32 Å². The van der Waals surface area contributed by atoms with E-state index in [1.807, 2.05) is 13.8 Å². The Morgan fingerprint density at radius 1 is 1.42 bits per heavy atom. The minimum atomic E-state index is -0.447. The predicted octanol–water partition coefficient (Wildman–Crippen LogP) is -0.0197. The van der Waals surface area contributed by atoms with E-state index in [-0.39, 0.29) is 17.7 Å². The molecule has 1 rings (SSSR count). The van der Waals surface area contributed by atoms with Crippen LogP contribution in [0.4, 0.5) is 0 Å². The Kier molecular flexibility index (Phi) is 5.47. The molecule has 0 saturated carbocycles. The molecule has 0 aromatic carbocycles. The molecule has 0 spiro atoms. The molecule has 0 radical (unpaired) electrons. The Morgan fingerprint density at radius 3 is 2.53 bits per heavy atom. The van der Waals surface area contributed by atoms with Crippen molar-refractivity contribution in [2.24, 2.45) is 0 Å². The summed E-state index contributed by atoms with van der Waals surface area (Å²) in [6, 6.07) is -0.868. The first-order valence-corrected chi connectivity index (χ1v) is 6.77. The lowest BCUT2D eigenvalue weighted by Crippen LogP contribution is -2.56. The van der Waals surface area contributed by atoms with E-state index < -0.39 is 12.1 Å². The van der Waals surface area contributed by atoms with Crippen LogP contribution in [0, 0.1) is 0 Å². The van der Waals surface area contributed by atoms with Crippen molar-refractivity contribution in [3.8, 4) is 0 Å². The Bertz CT molecular complexity index is 366. The molecule has 1 aliphatic heterocycles. The molecule has 6 nitrogen and oxygen atoms in total. The maximum absolute atomic E-state index is 12.1. The average molecular weight is 269 g/mol. The van der Waals surface area contributed by atoms with Crippen molar-refractivity contribution in [3.05, 3.63) is 0 Å². The van der Waals surface area contributed by atoms with Crippen molar-refractivity contribution in [3.63, 3.8) is 0 Å². The summed E-state index contributed by atoms with van der Waals surface area (Å²) >= 11 is 0. The number of carbonyl (C=O) groups is 3. The molecule has 1 N–H and O–H groups in total. The highest BCUT2D eigenvalue weighted by Gasteiger charge is 2.33. The van der Waals surface area contributed by atoms with E-state index >= 15 is 0 Å². The fourth-order valence-electron chi connectivity index (χ4n) is 2.25. The first-order valence-electron chi connectivity index (χ1n) is 6.77. The third-order valence-corrected chi connectivity index (χ3v) is 3.55. The molecule has 108 valence electrons. The van der Waals surface area contributed by atoms with Crippen LogP contribution in [0.1, 0.15) is 33.6 Å². The van der Waals surface area contributed by atoms with Gasteiger partial charge >= 0.3 is 0 Å². The maximum atomic E-state index is 12.1. The second-order valence-corrected chi connectivity index (χ2v) is 4.78. The van der Waals surface area contributed by atoms with Gasteiger partial charge in [0.05, 0.1) is 12.1 Å². The quantitative estimate of drug-likeness (QED) is 0.712. The molecule has 2 unspecified atom stereocenters. The van der Waals surface area contributed by atoms with E-state index in [1.165, 1.54) is 7.05 Å². The molecular formula is C13H23N3O3. The van der Waals surface area contributed by atoms with Gasteiger partial charge in [-0.25, -0.2) is 0 Å². The Labute approximate surface area is 114 Å². The zero-order valence-electron chi connectivity index (χ0n) is 12.1. The van der Waals surface area contributed by atoms with Gasteiger partial charge < -0.3 is 4.90 Å². The monoisotopic (exact) mass is 269 g/mol. The number of imide groups is 1. The molecule has 6 heteroatoms. The molecule has 19 heavy (non-hydrogen) atoms. The van der Waals surface area contributed by atoms with Crippen molar-refractivity contribution in [1.82, 2.24) is 15.1 Å². The molecule has 3 amide bonds. The van der Waals surface area contributed by atoms with Crippen molar-refractivity contribution >= 4 is 17.7 Å². The van der Waals surface area contributed by atoms with Crippen molar-refractivity contribution in [2.75, 3.05) is 20.1 Å². The first-order chi connectivity index (χ1) is 8.92. The number of likely N-dealkylation sites (N-methyl/N-ethyl adjacent to an activating group) is 2. The zero-order valence-corrected chi connectivity index (χ0v) is 12.1. The van der Waals surface area contributed by atoms with Gasteiger partial charge in [-0.15, -0.1) is 0 Å². The molecule has 0 aromatic rings. The highest BCUT2D eigenvalue weighted by molar-refractivity contribution is 6.00. The van der Waals surface area contributed by atoms with Gasteiger partial charge in [0.1, 0.15) is 0 Å². The van der Waals surface area contributed by atoms with E-state index in [1.54, 1.807) is 11.8 Å². The molecule has 0 aromatic heterocycles. The van der Waals surface area contributed by atoms with Gasteiger partial charge in [0.15, 0.2) is 0 Å². The molecule has 1 fully saturated rings. The lowest BCUT2D eigenvalue weighted by Gasteiger charge is -2.31. The Balaban J connectivity index is 2.62. The number of nitrogens with zero attached hydrogens (tertiary/aromatic N) is 2. The van der Waals surface area contributed by atoms with E-state index in [0.29, 0.717) is 25.9 Å². The van der Waals surface area contributed by atoms with Crippen LogP contribution in [0.2, 0.25) is 0 Å². The third-order valence-electron chi connectivity index (χ3n) is 3.55. The highest BCUT2D eigenvalue weighted by atomic mass is 16.2. The smallest absolute Gasteiger partial charge is 0.246 e. The van der Waals surface area contributed by atoms with E-state index in [9.17, 15) is 14.4 Å². The predicted molar refractivity (Wildman–Crippen MR) is 71.3 cm³/mol. The fraction of sp³-hybridized carbons (Fsp3) is 0.769. The number of hydrogen-bond donors (Lipinski definition) is 1. The van der Waals surface area contributed by atoms with E-state index in [0.717, 1.165) is 4.90 Å². The minimum absolute atomic E-state index is 0.0163. The summed E-state index contributed by atoms with van der Waals surface area (Å²) in [6.45, 7) is 6.90. The fourth-order valence-corrected chi connectivity index (χ4v) is 2.25. The summed E-state index contributed by atoms with van der Waals surface area (Å²) < 4.78 is 0. The maximum Gasteiger partial charge on any atom is 0.246 e. The van der Waals surface area contributed by atoms with Crippen LogP contribution in [0.15, 0.2) is 0 Å². The number of piperidine rings is 1. The summed E-state index contributed by atoms with van der Waals surface area (Å²) in [4.78, 5) is 38.3. The van der Waals surface area contributed by atoms with Gasteiger partial charge in [-0.05, 0) is 27.2 Å². The van der Waals surface area contributed by atoms with Crippen LogP contribution in [-0.4, -0.2) is 59.7 Å². The van der Waals surface area contributed by atoms with Gasteiger partial charge in [-0.2, -0.15) is 0 Å². The van der Waals surface area contributed by atoms with Crippen LogP contribution in [0.3, 0.4) is 0 Å². The molecular weight excluding hydrogens is 246 g/mol. The molecule has 2 atom stereocenters. The number of amides is 3. The normalized spacial score (nSPS) is 21.5. The van der Waals surface area contributed by atoms with Crippen molar-refractivity contribution in [1.29, 1.82) is 0 Å². The SMILES string of the molecule is CCN(CC)C(=O)C(C)NC1CCC(=O)N(C)C1=O. The topological polar surface area (TPSA) is 69.7 Å². The van der Waals surface area contributed by atoms with Crippen molar-refractivity contribution < 1.29 is 14.4 Å². The number of likely N-dealkylation sites (tertiary alicyclic amines) is 1. The molecule has 1 aliphatic rings. The summed E-state index contributed by atoms with van der Waals surface area (Å²) in [5.41, 5.74) is 0. The van der Waals surface area contributed by atoms with Gasteiger partial charge in [0.25, 0.3) is 0 Å². The lowest BCUT2D eigenvalue weighted by atomic mass is 10.0. The second kappa shape index (κ2) is 6.65. The Hall–Kier alpha value is -1.43. The second-order valence-electron chi connectivity index (χ2n) is 4.78. The largest absolute Gasteiger partial charge is 0.342 e. The van der Waals surface area contributed by atoms with Crippen LogP contribution in [-0.2, 0) is 14.4 Å². The minimum Gasteiger partial charge on any atom is -0.342 e.